The summed E-state index contributed by atoms with van der Waals surface area (Å²) in [6, 6.07) is 0. The Morgan fingerprint density at radius 2 is 2.07 bits per heavy atom. The predicted octanol–water partition coefficient (Wildman–Crippen LogP) is 1.49. The van der Waals surface area contributed by atoms with Gasteiger partial charge in [0.1, 0.15) is 0 Å². The fourth-order valence-corrected chi connectivity index (χ4v) is 3.25. The smallest absolute Gasteiger partial charge is 0.311 e. The topological polar surface area (TPSA) is 52.3 Å². The van der Waals surface area contributed by atoms with E-state index >= 15 is 0 Å². The van der Waals surface area contributed by atoms with Gasteiger partial charge in [-0.25, -0.2) is 0 Å². The van der Waals surface area contributed by atoms with Gasteiger partial charge in [0, 0.05) is 0 Å². The molecule has 3 saturated carbocycles. The Kier molecular flexibility index (Phi) is 3.12. The predicted molar refractivity (Wildman–Crippen MR) is 56.3 cm³/mol. The largest absolute Gasteiger partial charge is 0.469 e. The molecule has 82 valence electrons. The van der Waals surface area contributed by atoms with Crippen molar-refractivity contribution in [1.82, 2.24) is 0 Å². The number of carbonyl (C=O) groups is 1. The van der Waals surface area contributed by atoms with E-state index in [9.17, 15) is 4.79 Å². The Morgan fingerprint density at radius 3 is 2.57 bits per heavy atom. The first-order chi connectivity index (χ1) is 6.16. The summed E-state index contributed by atoms with van der Waals surface area (Å²) in [5.74, 6) is -0.0173. The summed E-state index contributed by atoms with van der Waals surface area (Å²) in [4.78, 5) is 11.5. The lowest BCUT2D eigenvalue weighted by Gasteiger charge is -2.58. The molecule has 3 aliphatic rings. The number of halogens is 1. The van der Waals surface area contributed by atoms with Gasteiger partial charge in [-0.15, -0.1) is 12.4 Å². The molecule has 0 spiro atoms. The molecule has 0 heterocycles. The number of esters is 1. The van der Waals surface area contributed by atoms with Crippen LogP contribution in [-0.2, 0) is 9.53 Å². The molecular formula is C10H18ClNO2. The standard InChI is InChI=1S/C10H17NO2.ClH/c1-13-8(12)10-4-2-3-9(5-10,6-10)7-11;/h2-7,11H2,1H3;1H. The first-order valence-corrected chi connectivity index (χ1v) is 4.95. The second-order valence-electron chi connectivity index (χ2n) is 4.68. The zero-order chi connectivity index (χ0) is 9.53. The van der Waals surface area contributed by atoms with E-state index in [1.165, 1.54) is 13.5 Å². The first kappa shape index (κ1) is 11.8. The third-order valence-corrected chi connectivity index (χ3v) is 3.84. The van der Waals surface area contributed by atoms with Crippen LogP contribution in [0.4, 0.5) is 0 Å². The SMILES string of the molecule is COC(=O)C12CCCC(CN)(C1)C2.Cl. The van der Waals surface area contributed by atoms with Crippen LogP contribution in [0.15, 0.2) is 0 Å². The lowest BCUT2D eigenvalue weighted by molar-refractivity contribution is -0.178. The maximum Gasteiger partial charge on any atom is 0.311 e. The van der Waals surface area contributed by atoms with Gasteiger partial charge in [-0.05, 0) is 37.6 Å². The lowest BCUT2D eigenvalue weighted by Crippen LogP contribution is -2.57. The minimum absolute atomic E-state index is 0. The molecule has 2 bridgehead atoms. The first-order valence-electron chi connectivity index (χ1n) is 4.95. The highest BCUT2D eigenvalue weighted by Crippen LogP contribution is 2.63. The minimum Gasteiger partial charge on any atom is -0.469 e. The van der Waals surface area contributed by atoms with Crippen LogP contribution in [0.1, 0.15) is 32.1 Å². The number of methoxy groups -OCH3 is 1. The van der Waals surface area contributed by atoms with Crippen molar-refractivity contribution in [1.29, 1.82) is 0 Å². The Bertz CT molecular complexity index is 236. The molecule has 0 unspecified atom stereocenters. The van der Waals surface area contributed by atoms with Crippen molar-refractivity contribution in [2.75, 3.05) is 13.7 Å². The highest BCUT2D eigenvalue weighted by Gasteiger charge is 2.60. The number of fused-ring (bicyclic) bond motifs is 2. The van der Waals surface area contributed by atoms with E-state index in [2.05, 4.69) is 0 Å². The van der Waals surface area contributed by atoms with Crippen molar-refractivity contribution in [3.8, 4) is 0 Å². The fourth-order valence-electron chi connectivity index (χ4n) is 3.25. The highest BCUT2D eigenvalue weighted by atomic mass is 35.5. The number of hydrogen-bond donors (Lipinski definition) is 1. The van der Waals surface area contributed by atoms with Crippen LogP contribution in [0.5, 0.6) is 0 Å². The van der Waals surface area contributed by atoms with E-state index in [0.29, 0.717) is 0 Å². The van der Waals surface area contributed by atoms with Gasteiger partial charge >= 0.3 is 5.97 Å². The zero-order valence-electron chi connectivity index (χ0n) is 8.54. The molecular weight excluding hydrogens is 202 g/mol. The average Bonchev–Trinajstić information content (AvgIpc) is 2.15. The van der Waals surface area contributed by atoms with E-state index in [-0.39, 0.29) is 29.2 Å². The van der Waals surface area contributed by atoms with Crippen LogP contribution in [0, 0.1) is 10.8 Å². The summed E-state index contributed by atoms with van der Waals surface area (Å²) >= 11 is 0. The van der Waals surface area contributed by atoms with Crippen LogP contribution in [-0.4, -0.2) is 19.6 Å². The van der Waals surface area contributed by atoms with E-state index < -0.39 is 0 Å². The van der Waals surface area contributed by atoms with Gasteiger partial charge < -0.3 is 10.5 Å². The molecule has 2 N–H and O–H groups in total. The molecule has 3 rings (SSSR count). The molecule has 0 atom stereocenters. The van der Waals surface area contributed by atoms with Crippen molar-refractivity contribution in [2.24, 2.45) is 16.6 Å². The van der Waals surface area contributed by atoms with Crippen molar-refractivity contribution in [2.45, 2.75) is 32.1 Å². The molecule has 0 aliphatic heterocycles. The van der Waals surface area contributed by atoms with Crippen LogP contribution in [0.25, 0.3) is 0 Å². The van der Waals surface area contributed by atoms with E-state index in [1.807, 2.05) is 0 Å². The van der Waals surface area contributed by atoms with Gasteiger partial charge in [0.15, 0.2) is 0 Å². The molecule has 3 nitrogen and oxygen atoms in total. The van der Waals surface area contributed by atoms with Gasteiger partial charge in [-0.3, -0.25) is 4.79 Å². The van der Waals surface area contributed by atoms with Crippen LogP contribution < -0.4 is 5.73 Å². The summed E-state index contributed by atoms with van der Waals surface area (Å²) < 4.78 is 4.84. The number of hydrogen-bond acceptors (Lipinski definition) is 3. The fraction of sp³-hybridized carbons (Fsp3) is 0.900. The van der Waals surface area contributed by atoms with E-state index in [4.69, 9.17) is 10.5 Å². The molecule has 0 saturated heterocycles. The second kappa shape index (κ2) is 3.70. The van der Waals surface area contributed by atoms with Crippen molar-refractivity contribution < 1.29 is 9.53 Å². The van der Waals surface area contributed by atoms with Gasteiger partial charge in [0.05, 0.1) is 12.5 Å². The van der Waals surface area contributed by atoms with Gasteiger partial charge in [0.2, 0.25) is 0 Å². The monoisotopic (exact) mass is 219 g/mol. The maximum absolute atomic E-state index is 11.5. The number of carbonyl (C=O) groups excluding carboxylic acids is 1. The molecule has 0 aromatic rings. The lowest BCUT2D eigenvalue weighted by atomic mass is 9.46. The summed E-state index contributed by atoms with van der Waals surface area (Å²) in [6.07, 6.45) is 5.25. The molecule has 4 heteroatoms. The molecule has 3 aliphatic carbocycles. The van der Waals surface area contributed by atoms with Crippen molar-refractivity contribution in [3.63, 3.8) is 0 Å². The van der Waals surface area contributed by atoms with Gasteiger partial charge in [-0.2, -0.15) is 0 Å². The Hall–Kier alpha value is -0.280. The molecule has 0 radical (unpaired) electrons. The third-order valence-electron chi connectivity index (χ3n) is 3.84. The molecule has 0 aromatic heterocycles. The summed E-state index contributed by atoms with van der Waals surface area (Å²) in [6.45, 7) is 0.728. The highest BCUT2D eigenvalue weighted by molar-refractivity contribution is 5.85. The van der Waals surface area contributed by atoms with Crippen molar-refractivity contribution in [3.05, 3.63) is 0 Å². The normalized spacial score (nSPS) is 39.3. The van der Waals surface area contributed by atoms with Gasteiger partial charge in [-0.1, -0.05) is 6.42 Å². The van der Waals surface area contributed by atoms with E-state index in [1.54, 1.807) is 0 Å². The zero-order valence-corrected chi connectivity index (χ0v) is 9.36. The Labute approximate surface area is 90.8 Å². The van der Waals surface area contributed by atoms with Crippen LogP contribution in [0.3, 0.4) is 0 Å². The Balaban J connectivity index is 0.000000980. The second-order valence-corrected chi connectivity index (χ2v) is 4.68. The summed E-state index contributed by atoms with van der Waals surface area (Å²) in [5.41, 5.74) is 5.86. The minimum atomic E-state index is -0.146. The van der Waals surface area contributed by atoms with Crippen LogP contribution in [0.2, 0.25) is 0 Å². The van der Waals surface area contributed by atoms with Gasteiger partial charge in [0.25, 0.3) is 0 Å². The molecule has 0 aromatic carbocycles. The molecule has 0 amide bonds. The number of rotatable bonds is 2. The number of ether oxygens (including phenoxy) is 1. The Morgan fingerprint density at radius 1 is 1.43 bits per heavy atom. The molecule has 14 heavy (non-hydrogen) atoms. The van der Waals surface area contributed by atoms with E-state index in [0.717, 1.165) is 32.2 Å². The maximum atomic E-state index is 11.5. The average molecular weight is 220 g/mol. The van der Waals surface area contributed by atoms with Crippen molar-refractivity contribution >= 4 is 18.4 Å². The summed E-state index contributed by atoms with van der Waals surface area (Å²) in [5, 5.41) is 0. The third kappa shape index (κ3) is 1.43. The number of nitrogens with two attached hydrogens (primary N) is 1. The molecule has 3 fully saturated rings. The quantitative estimate of drug-likeness (QED) is 0.716. The van der Waals surface area contributed by atoms with Crippen LogP contribution >= 0.6 is 12.4 Å². The summed E-state index contributed by atoms with van der Waals surface area (Å²) in [7, 11) is 1.48.